The van der Waals surface area contributed by atoms with E-state index in [9.17, 15) is 14.4 Å². The van der Waals surface area contributed by atoms with E-state index < -0.39 is 12.0 Å². The van der Waals surface area contributed by atoms with Crippen molar-refractivity contribution in [2.24, 2.45) is 0 Å². The van der Waals surface area contributed by atoms with E-state index in [-0.39, 0.29) is 18.9 Å². The van der Waals surface area contributed by atoms with Gasteiger partial charge in [0.1, 0.15) is 0 Å². The van der Waals surface area contributed by atoms with Crippen LogP contribution in [0.4, 0.5) is 10.5 Å². The molecule has 0 aliphatic rings. The summed E-state index contributed by atoms with van der Waals surface area (Å²) in [6, 6.07) is 6.01. The van der Waals surface area contributed by atoms with Crippen LogP contribution in [0, 0.1) is 0 Å². The number of rotatable bonds is 7. The van der Waals surface area contributed by atoms with Gasteiger partial charge < -0.3 is 21.1 Å². The molecule has 1 rings (SSSR count). The molecule has 21 heavy (non-hydrogen) atoms. The van der Waals surface area contributed by atoms with Crippen LogP contribution in [0.1, 0.15) is 18.9 Å². The monoisotopic (exact) mass is 293 g/mol. The lowest BCUT2D eigenvalue weighted by atomic mass is 10.1. The maximum Gasteiger partial charge on any atom is 0.319 e. The van der Waals surface area contributed by atoms with Gasteiger partial charge in [0.2, 0.25) is 5.91 Å². The lowest BCUT2D eigenvalue weighted by Gasteiger charge is -2.08. The zero-order valence-electron chi connectivity index (χ0n) is 11.8. The Kier molecular flexibility index (Phi) is 6.73. The highest BCUT2D eigenvalue weighted by molar-refractivity contribution is 5.92. The molecule has 7 nitrogen and oxygen atoms in total. The van der Waals surface area contributed by atoms with Crippen molar-refractivity contribution in [2.45, 2.75) is 19.8 Å². The van der Waals surface area contributed by atoms with Crippen LogP contribution in [0.5, 0.6) is 0 Å². The van der Waals surface area contributed by atoms with Crippen LogP contribution in [0.3, 0.4) is 0 Å². The molecule has 0 radical (unpaired) electrons. The summed E-state index contributed by atoms with van der Waals surface area (Å²) in [6.07, 6.45) is 0.713. The van der Waals surface area contributed by atoms with Crippen molar-refractivity contribution >= 4 is 23.6 Å². The van der Waals surface area contributed by atoms with Gasteiger partial charge >= 0.3 is 12.0 Å². The number of nitrogens with one attached hydrogen (secondary N) is 3. The Morgan fingerprint density at radius 2 is 1.95 bits per heavy atom. The Labute approximate surface area is 122 Å². The van der Waals surface area contributed by atoms with Gasteiger partial charge in [-0.25, -0.2) is 4.79 Å². The van der Waals surface area contributed by atoms with E-state index in [1.807, 2.05) is 6.92 Å². The van der Waals surface area contributed by atoms with E-state index in [0.717, 1.165) is 6.42 Å². The number of hydrogen-bond acceptors (Lipinski definition) is 3. The highest BCUT2D eigenvalue weighted by Gasteiger charge is 2.06. The number of hydrogen-bond donors (Lipinski definition) is 4. The van der Waals surface area contributed by atoms with E-state index in [1.165, 1.54) is 0 Å². The first kappa shape index (κ1) is 16.5. The minimum atomic E-state index is -0.941. The third kappa shape index (κ3) is 6.95. The number of anilines is 1. The Bertz CT molecular complexity index is 517. The molecule has 0 bridgehead atoms. The van der Waals surface area contributed by atoms with Gasteiger partial charge in [0.05, 0.1) is 13.0 Å². The van der Waals surface area contributed by atoms with Crippen LogP contribution in [-0.2, 0) is 16.0 Å². The average Bonchev–Trinajstić information content (AvgIpc) is 2.42. The molecule has 0 spiro atoms. The molecule has 1 aromatic rings. The Morgan fingerprint density at radius 3 is 2.62 bits per heavy atom. The van der Waals surface area contributed by atoms with Crippen molar-refractivity contribution in [3.8, 4) is 0 Å². The first-order valence-electron chi connectivity index (χ1n) is 6.63. The molecule has 4 N–H and O–H groups in total. The number of aliphatic carboxylic acids is 1. The van der Waals surface area contributed by atoms with E-state index in [2.05, 4.69) is 16.0 Å². The third-order valence-electron chi connectivity index (χ3n) is 2.52. The molecule has 0 aliphatic heterocycles. The zero-order valence-corrected chi connectivity index (χ0v) is 11.8. The summed E-state index contributed by atoms with van der Waals surface area (Å²) < 4.78 is 0. The topological polar surface area (TPSA) is 108 Å². The summed E-state index contributed by atoms with van der Waals surface area (Å²) in [5.41, 5.74) is 1.06. The van der Waals surface area contributed by atoms with Crippen LogP contribution in [0.25, 0.3) is 0 Å². The summed E-state index contributed by atoms with van der Waals surface area (Å²) in [5, 5.41) is 16.3. The number of carboxylic acids is 1. The van der Waals surface area contributed by atoms with Gasteiger partial charge in [-0.3, -0.25) is 9.59 Å². The fourth-order valence-electron chi connectivity index (χ4n) is 1.60. The second kappa shape index (κ2) is 8.57. The second-order valence-electron chi connectivity index (χ2n) is 4.43. The van der Waals surface area contributed by atoms with E-state index in [4.69, 9.17) is 5.11 Å². The van der Waals surface area contributed by atoms with Crippen LogP contribution in [0.15, 0.2) is 24.3 Å². The van der Waals surface area contributed by atoms with Crippen LogP contribution >= 0.6 is 0 Å². The quantitative estimate of drug-likeness (QED) is 0.600. The summed E-state index contributed by atoms with van der Waals surface area (Å²) in [7, 11) is 0. The fourth-order valence-corrected chi connectivity index (χ4v) is 1.60. The smallest absolute Gasteiger partial charge is 0.319 e. The molecule has 1 aromatic carbocycles. The van der Waals surface area contributed by atoms with Crippen molar-refractivity contribution in [1.82, 2.24) is 10.6 Å². The molecule has 0 unspecified atom stereocenters. The van der Waals surface area contributed by atoms with Crippen LogP contribution in [0.2, 0.25) is 0 Å². The zero-order chi connectivity index (χ0) is 15.7. The number of carboxylic acid groups (broad SMARTS) is 1. The number of benzene rings is 1. The maximum atomic E-state index is 11.6. The van der Waals surface area contributed by atoms with Crippen LogP contribution in [-0.4, -0.2) is 36.1 Å². The summed E-state index contributed by atoms with van der Waals surface area (Å²) in [6.45, 7) is 2.39. The summed E-state index contributed by atoms with van der Waals surface area (Å²) in [4.78, 5) is 33.5. The predicted octanol–water partition coefficient (Wildman–Crippen LogP) is 0.961. The van der Waals surface area contributed by atoms with Gasteiger partial charge in [-0.2, -0.15) is 0 Å². The molecule has 7 heteroatoms. The predicted molar refractivity (Wildman–Crippen MR) is 78.1 cm³/mol. The number of amides is 3. The maximum absolute atomic E-state index is 11.6. The highest BCUT2D eigenvalue weighted by atomic mass is 16.4. The lowest BCUT2D eigenvalue weighted by molar-refractivity contribution is -0.136. The van der Waals surface area contributed by atoms with E-state index >= 15 is 0 Å². The molecule has 0 fully saturated rings. The molecule has 0 saturated heterocycles. The molecule has 0 atom stereocenters. The summed E-state index contributed by atoms with van der Waals surface area (Å²) >= 11 is 0. The molecule has 3 amide bonds. The van der Waals surface area contributed by atoms with E-state index in [0.29, 0.717) is 17.8 Å². The molecule has 0 saturated carbocycles. The molecular weight excluding hydrogens is 274 g/mol. The highest BCUT2D eigenvalue weighted by Crippen LogP contribution is 2.11. The van der Waals surface area contributed by atoms with Crippen molar-refractivity contribution in [3.63, 3.8) is 0 Å². The Morgan fingerprint density at radius 1 is 1.19 bits per heavy atom. The SMILES string of the molecule is CCCNC(=O)CNC(=O)Nc1cccc(CC(=O)O)c1. The van der Waals surface area contributed by atoms with Gasteiger partial charge in [-0.05, 0) is 24.1 Å². The molecule has 0 heterocycles. The van der Waals surface area contributed by atoms with Crippen LogP contribution < -0.4 is 16.0 Å². The van der Waals surface area contributed by atoms with Gasteiger partial charge in [0, 0.05) is 12.2 Å². The standard InChI is InChI=1S/C14H19N3O4/c1-2-6-15-12(18)9-16-14(21)17-11-5-3-4-10(7-11)8-13(19)20/h3-5,7H,2,6,8-9H2,1H3,(H,15,18)(H,19,20)(H2,16,17,21). The lowest BCUT2D eigenvalue weighted by Crippen LogP contribution is -2.39. The van der Waals surface area contributed by atoms with E-state index in [1.54, 1.807) is 24.3 Å². The second-order valence-corrected chi connectivity index (χ2v) is 4.43. The number of carbonyl (C=O) groups is 3. The van der Waals surface area contributed by atoms with Crippen molar-refractivity contribution in [2.75, 3.05) is 18.4 Å². The first-order chi connectivity index (χ1) is 10.0. The third-order valence-corrected chi connectivity index (χ3v) is 2.52. The van der Waals surface area contributed by atoms with Gasteiger partial charge in [-0.15, -0.1) is 0 Å². The average molecular weight is 293 g/mol. The van der Waals surface area contributed by atoms with Crippen molar-refractivity contribution in [1.29, 1.82) is 0 Å². The largest absolute Gasteiger partial charge is 0.481 e. The Hall–Kier alpha value is -2.57. The van der Waals surface area contributed by atoms with Gasteiger partial charge in [-0.1, -0.05) is 19.1 Å². The molecule has 0 aliphatic carbocycles. The molecular formula is C14H19N3O4. The Balaban J connectivity index is 2.44. The summed E-state index contributed by atoms with van der Waals surface area (Å²) in [5.74, 6) is -1.20. The minimum absolute atomic E-state index is 0.110. The van der Waals surface area contributed by atoms with Crippen molar-refractivity contribution < 1.29 is 19.5 Å². The number of carbonyl (C=O) groups excluding carboxylic acids is 2. The van der Waals surface area contributed by atoms with Crippen molar-refractivity contribution in [3.05, 3.63) is 29.8 Å². The minimum Gasteiger partial charge on any atom is -0.481 e. The first-order valence-corrected chi connectivity index (χ1v) is 6.63. The molecule has 114 valence electrons. The number of urea groups is 1. The van der Waals surface area contributed by atoms with Gasteiger partial charge in [0.15, 0.2) is 0 Å². The normalized spacial score (nSPS) is 9.76. The fraction of sp³-hybridized carbons (Fsp3) is 0.357. The molecule has 0 aromatic heterocycles. The van der Waals surface area contributed by atoms with Gasteiger partial charge in [0.25, 0.3) is 0 Å².